The predicted molar refractivity (Wildman–Crippen MR) is 324 cm³/mol. The predicted octanol–water partition coefficient (Wildman–Crippen LogP) is 9.48. The van der Waals surface area contributed by atoms with Crippen molar-refractivity contribution in [2.45, 2.75) is 69.2 Å². The first-order valence-electron chi connectivity index (χ1n) is 27.5. The number of aromatic amines is 1. The van der Waals surface area contributed by atoms with Crippen molar-refractivity contribution in [2.24, 2.45) is 4.99 Å². The number of methoxy groups -OCH3 is 1. The third-order valence-corrected chi connectivity index (χ3v) is 9.29. The average Bonchev–Trinajstić information content (AvgIpc) is 4.00. The number of nitrogens with one attached hydrogen (secondary N) is 4. The number of H-pyrrole nitrogens is 1. The van der Waals surface area contributed by atoms with Crippen molar-refractivity contribution >= 4 is 58.5 Å². The van der Waals surface area contributed by atoms with Crippen molar-refractivity contribution < 1.29 is 72.0 Å². The highest BCUT2D eigenvalue weighted by Crippen LogP contribution is 2.19. The monoisotopic (exact) mass is 1140 g/mol. The Hall–Kier alpha value is -6.66. The molecule has 1 amide bonds. The molecule has 0 fully saturated rings. The number of Topliss-reactive ketones (excluding diaryl/α,β-unsaturated/α-hetero) is 1. The van der Waals surface area contributed by atoms with E-state index in [1.54, 1.807) is 73.8 Å². The van der Waals surface area contributed by atoms with Gasteiger partial charge in [-0.15, -0.1) is 0 Å². The van der Waals surface area contributed by atoms with Crippen LogP contribution in [0.2, 0.25) is 0 Å². The fourth-order valence-electron chi connectivity index (χ4n) is 5.47. The van der Waals surface area contributed by atoms with Gasteiger partial charge in [0.05, 0.1) is 104 Å². The van der Waals surface area contributed by atoms with E-state index in [1.807, 2.05) is 93.6 Å². The van der Waals surface area contributed by atoms with Crippen molar-refractivity contribution in [3.8, 4) is 11.5 Å². The molecule has 456 valence electrons. The highest BCUT2D eigenvalue weighted by molar-refractivity contribution is 6.32. The number of aldehydes is 2. The van der Waals surface area contributed by atoms with E-state index in [9.17, 15) is 19.2 Å². The second kappa shape index (κ2) is 58.0. The fourth-order valence-corrected chi connectivity index (χ4v) is 5.47. The SMILES string of the molecule is CC.CC.CC.CC.CC(=O)c1ccc2nc(NC(=O)c3ccc(OCCOCCOCCOCCO)cc3)[nH]c2c1.CCOC.CN=C(C=O)Nc1ccc(C=O)cc1.CNc1ccc(OCCOCCOCCOCCO)cc1. The zero-order chi connectivity index (χ0) is 61.2. The number of carbonyl (C=O) groups excluding carboxylic acids is 4. The Morgan fingerprint density at radius 1 is 0.580 bits per heavy atom. The molecular weight excluding hydrogens is 1040 g/mol. The van der Waals surface area contributed by atoms with Crippen LogP contribution >= 0.6 is 0 Å². The number of benzene rings is 4. The molecule has 0 saturated heterocycles. The maximum Gasteiger partial charge on any atom is 0.257 e. The lowest BCUT2D eigenvalue weighted by Gasteiger charge is -2.08. The van der Waals surface area contributed by atoms with Gasteiger partial charge in [0.15, 0.2) is 17.9 Å². The molecule has 21 nitrogen and oxygen atoms in total. The van der Waals surface area contributed by atoms with Gasteiger partial charge in [-0.25, -0.2) is 4.98 Å². The number of fused-ring (bicyclic) bond motifs is 1. The summed E-state index contributed by atoms with van der Waals surface area (Å²) < 4.78 is 47.3. The fraction of sp³-hybridized carbons (Fsp3) is 0.500. The molecule has 1 aromatic heterocycles. The first kappa shape index (κ1) is 78.6. The Bertz CT molecular complexity index is 2260. The van der Waals surface area contributed by atoms with E-state index in [-0.39, 0.29) is 30.7 Å². The van der Waals surface area contributed by atoms with Gasteiger partial charge in [0.25, 0.3) is 5.91 Å². The quantitative estimate of drug-likeness (QED) is 0.00769. The summed E-state index contributed by atoms with van der Waals surface area (Å²) in [6.45, 7) is 26.7. The number of aromatic nitrogens is 2. The summed E-state index contributed by atoms with van der Waals surface area (Å²) in [4.78, 5) is 55.9. The van der Waals surface area contributed by atoms with Crippen LogP contribution in [0.15, 0.2) is 96.0 Å². The first-order chi connectivity index (χ1) is 39.6. The highest BCUT2D eigenvalue weighted by atomic mass is 16.6. The van der Waals surface area contributed by atoms with Crippen LogP contribution < -0.4 is 25.4 Å². The minimum atomic E-state index is -0.317. The zero-order valence-electron chi connectivity index (χ0n) is 50.4. The summed E-state index contributed by atoms with van der Waals surface area (Å²) in [7, 11) is 5.08. The van der Waals surface area contributed by atoms with Crippen LogP contribution in [-0.2, 0) is 38.0 Å². The lowest BCUT2D eigenvalue weighted by molar-refractivity contribution is -0.102. The third kappa shape index (κ3) is 41.1. The van der Waals surface area contributed by atoms with Gasteiger partial charge in [-0.2, -0.15) is 0 Å². The van der Waals surface area contributed by atoms with Crippen LogP contribution in [0.25, 0.3) is 11.0 Å². The summed E-state index contributed by atoms with van der Waals surface area (Å²) in [5.41, 5.74) is 4.73. The van der Waals surface area contributed by atoms with Crippen LogP contribution in [0.4, 0.5) is 17.3 Å². The number of ether oxygens (including phenoxy) is 9. The normalized spacial score (nSPS) is 9.89. The summed E-state index contributed by atoms with van der Waals surface area (Å²) in [5, 5.41) is 25.6. The molecule has 6 N–H and O–H groups in total. The molecule has 0 unspecified atom stereocenters. The van der Waals surface area contributed by atoms with E-state index in [0.29, 0.717) is 138 Å². The Balaban J connectivity index is -0.00000110. The molecule has 0 saturated carbocycles. The number of hydrogen-bond donors (Lipinski definition) is 6. The van der Waals surface area contributed by atoms with Gasteiger partial charge in [0, 0.05) is 55.9 Å². The van der Waals surface area contributed by atoms with Crippen molar-refractivity contribution in [3.63, 3.8) is 0 Å². The van der Waals surface area contributed by atoms with E-state index in [0.717, 1.165) is 30.0 Å². The number of anilines is 3. The van der Waals surface area contributed by atoms with Crippen LogP contribution in [0.1, 0.15) is 100 Å². The van der Waals surface area contributed by atoms with Gasteiger partial charge in [-0.1, -0.05) is 55.4 Å². The van der Waals surface area contributed by atoms with Gasteiger partial charge >= 0.3 is 0 Å². The van der Waals surface area contributed by atoms with Crippen LogP contribution in [-0.4, -0.2) is 184 Å². The number of amidine groups is 1. The van der Waals surface area contributed by atoms with Gasteiger partial charge in [0.2, 0.25) is 5.95 Å². The second-order valence-electron chi connectivity index (χ2n) is 14.6. The summed E-state index contributed by atoms with van der Waals surface area (Å²) >= 11 is 0. The maximum atomic E-state index is 12.5. The minimum absolute atomic E-state index is 0.00614. The first-order valence-corrected chi connectivity index (χ1v) is 27.5. The average molecular weight is 1140 g/mol. The Labute approximate surface area is 481 Å². The molecule has 21 heteroatoms. The van der Waals surface area contributed by atoms with E-state index in [4.69, 9.17) is 48.1 Å². The lowest BCUT2D eigenvalue weighted by atomic mass is 10.1. The largest absolute Gasteiger partial charge is 0.491 e. The number of carbonyl (C=O) groups is 4. The molecule has 0 aliphatic heterocycles. The maximum absolute atomic E-state index is 12.5. The van der Waals surface area contributed by atoms with E-state index in [2.05, 4.69) is 35.6 Å². The van der Waals surface area contributed by atoms with Gasteiger partial charge in [-0.3, -0.25) is 29.5 Å². The molecular formula is C60H96N6O15. The van der Waals surface area contributed by atoms with Crippen molar-refractivity contribution in [3.05, 3.63) is 108 Å². The molecule has 0 radical (unpaired) electrons. The molecule has 1 heterocycles. The zero-order valence-corrected chi connectivity index (χ0v) is 50.4. The number of hydrogen-bond acceptors (Lipinski definition) is 18. The Morgan fingerprint density at radius 3 is 1.37 bits per heavy atom. The minimum Gasteiger partial charge on any atom is -0.491 e. The number of aliphatic hydroxyl groups excluding tert-OH is 2. The van der Waals surface area contributed by atoms with Crippen molar-refractivity contribution in [1.82, 2.24) is 9.97 Å². The summed E-state index contributed by atoms with van der Waals surface area (Å²) in [5.74, 6) is 1.65. The number of amides is 1. The van der Waals surface area contributed by atoms with Crippen LogP contribution in [0, 0.1) is 0 Å². The van der Waals surface area contributed by atoms with Gasteiger partial charge in [-0.05, 0) is 105 Å². The Morgan fingerprint density at radius 2 is 0.988 bits per heavy atom. The summed E-state index contributed by atoms with van der Waals surface area (Å²) in [6, 6.07) is 26.4. The number of ketones is 1. The van der Waals surface area contributed by atoms with Crippen LogP contribution in [0.3, 0.4) is 0 Å². The number of nitrogens with zero attached hydrogens (tertiary/aromatic N) is 2. The third-order valence-electron chi connectivity index (χ3n) is 9.29. The second-order valence-corrected chi connectivity index (χ2v) is 14.6. The molecule has 5 rings (SSSR count). The molecule has 5 aromatic rings. The molecule has 0 bridgehead atoms. The van der Waals surface area contributed by atoms with E-state index < -0.39 is 0 Å². The molecule has 0 spiro atoms. The van der Waals surface area contributed by atoms with Gasteiger partial charge < -0.3 is 68.5 Å². The van der Waals surface area contributed by atoms with E-state index >= 15 is 0 Å². The lowest BCUT2D eigenvalue weighted by Crippen LogP contribution is -2.14. The van der Waals surface area contributed by atoms with Crippen LogP contribution in [0.5, 0.6) is 11.5 Å². The number of rotatable bonds is 32. The number of aliphatic imine (C=N–C) groups is 1. The van der Waals surface area contributed by atoms with Crippen molar-refractivity contribution in [1.29, 1.82) is 0 Å². The molecule has 0 aliphatic carbocycles. The Kier molecular flexibility index (Phi) is 56.3. The highest BCUT2D eigenvalue weighted by Gasteiger charge is 2.11. The molecule has 0 atom stereocenters. The molecule has 4 aromatic carbocycles. The van der Waals surface area contributed by atoms with E-state index in [1.165, 1.54) is 14.0 Å². The smallest absolute Gasteiger partial charge is 0.257 e. The summed E-state index contributed by atoms with van der Waals surface area (Å²) in [6.07, 6.45) is 1.39. The number of imidazole rings is 1. The van der Waals surface area contributed by atoms with Crippen molar-refractivity contribution in [2.75, 3.05) is 149 Å². The topological polar surface area (TPSA) is 269 Å². The molecule has 81 heavy (non-hydrogen) atoms. The standard InChI is InChI=1S/C24H29N3O7.C15H25NO5.C10H10N2O2.C3H8O.4C2H6/c1-17(29)19-4-7-21-22(16-19)26-24(25-21)27-23(30)18-2-5-20(6-3-18)34-15-14-33-13-12-32-11-10-31-9-8-28;1-16-14-2-4-15(5-3-14)21-13-12-20-11-10-19-9-8-18-7-6-17;1-11-10(7-14)12-9-4-2-8(6-13)3-5-9;1-3-4-2;4*1-2/h2-7,16,28H,8-15H2,1H3,(H2,25,26,27,30);2-5,16-17H,6-13H2,1H3;2-7H,1H3,(H,11,12);3H2,1-2H3;4*1-2H3. The molecule has 0 aliphatic rings. The number of aliphatic hydroxyl groups is 2. The van der Waals surface area contributed by atoms with Gasteiger partial charge in [0.1, 0.15) is 31.0 Å².